The molecule has 1 amide bonds. The van der Waals surface area contributed by atoms with Crippen LogP contribution in [0.2, 0.25) is 0 Å². The van der Waals surface area contributed by atoms with E-state index in [1.54, 1.807) is 0 Å². The molecule has 1 aromatic rings. The fraction of sp³-hybridized carbons (Fsp3) is 0.583. The predicted octanol–water partition coefficient (Wildman–Crippen LogP) is 4.04. The van der Waals surface area contributed by atoms with E-state index < -0.39 is 0 Å². The van der Waals surface area contributed by atoms with Crippen LogP contribution in [0.25, 0.3) is 0 Å². The lowest BCUT2D eigenvalue weighted by atomic mass is 9.88. The maximum atomic E-state index is 11.9. The first-order valence-corrected chi connectivity index (χ1v) is 7.94. The summed E-state index contributed by atoms with van der Waals surface area (Å²) in [6, 6.07) is 1.85. The van der Waals surface area contributed by atoms with Crippen LogP contribution in [0.1, 0.15) is 36.0 Å². The minimum absolute atomic E-state index is 0.00309. The highest BCUT2D eigenvalue weighted by atomic mass is 79.9. The van der Waals surface area contributed by atoms with Crippen molar-refractivity contribution in [1.82, 2.24) is 5.32 Å². The number of rotatable bonds is 4. The molecule has 0 atom stereocenters. The zero-order valence-electron chi connectivity index (χ0n) is 9.47. The van der Waals surface area contributed by atoms with Gasteiger partial charge in [0.15, 0.2) is 0 Å². The van der Waals surface area contributed by atoms with E-state index in [1.807, 2.05) is 11.4 Å². The first-order chi connectivity index (χ1) is 8.15. The molecule has 2 rings (SSSR count). The van der Waals surface area contributed by atoms with E-state index in [4.69, 9.17) is 11.6 Å². The van der Waals surface area contributed by atoms with E-state index in [1.165, 1.54) is 24.2 Å². The van der Waals surface area contributed by atoms with E-state index in [9.17, 15) is 4.79 Å². The van der Waals surface area contributed by atoms with E-state index in [0.29, 0.717) is 12.4 Å². The standard InChI is InChI=1S/C12H15BrClNOS/c13-10-5-9(6-17-10)11(16)15-8-12(7-14)3-1-2-4-12/h5-6H,1-4,7-8H2,(H,15,16). The van der Waals surface area contributed by atoms with Crippen LogP contribution >= 0.6 is 38.9 Å². The number of nitrogens with one attached hydrogen (secondary N) is 1. The summed E-state index contributed by atoms with van der Waals surface area (Å²) in [5.41, 5.74) is 0.856. The normalized spacial score (nSPS) is 18.2. The fourth-order valence-corrected chi connectivity index (χ4v) is 3.78. The van der Waals surface area contributed by atoms with E-state index >= 15 is 0 Å². The highest BCUT2D eigenvalue weighted by Crippen LogP contribution is 2.38. The van der Waals surface area contributed by atoms with Crippen molar-refractivity contribution in [3.05, 3.63) is 20.8 Å². The summed E-state index contributed by atoms with van der Waals surface area (Å²) >= 11 is 10.9. The number of carbonyl (C=O) groups excluding carboxylic acids is 1. The first kappa shape index (κ1) is 13.4. The van der Waals surface area contributed by atoms with Crippen molar-refractivity contribution in [2.45, 2.75) is 25.7 Å². The van der Waals surface area contributed by atoms with Gasteiger partial charge in [-0.15, -0.1) is 22.9 Å². The van der Waals surface area contributed by atoms with Crippen LogP contribution in [0.4, 0.5) is 0 Å². The second-order valence-electron chi connectivity index (χ2n) is 4.66. The van der Waals surface area contributed by atoms with Gasteiger partial charge in [0.25, 0.3) is 5.91 Å². The average molecular weight is 337 g/mol. The van der Waals surface area contributed by atoms with Gasteiger partial charge in [0.05, 0.1) is 9.35 Å². The zero-order chi connectivity index (χ0) is 12.3. The molecular weight excluding hydrogens is 322 g/mol. The third-order valence-corrected chi connectivity index (χ3v) is 5.47. The van der Waals surface area contributed by atoms with Crippen molar-refractivity contribution < 1.29 is 4.79 Å². The number of carbonyl (C=O) groups is 1. The summed E-state index contributed by atoms with van der Waals surface area (Å²) in [7, 11) is 0. The molecule has 1 aliphatic carbocycles. The van der Waals surface area contributed by atoms with Crippen LogP contribution in [0.5, 0.6) is 0 Å². The highest BCUT2D eigenvalue weighted by Gasteiger charge is 2.33. The molecule has 1 heterocycles. The molecule has 17 heavy (non-hydrogen) atoms. The molecule has 0 radical (unpaired) electrons. The van der Waals surface area contributed by atoms with Crippen LogP contribution in [-0.2, 0) is 0 Å². The molecular formula is C12H15BrClNOS. The molecule has 5 heteroatoms. The van der Waals surface area contributed by atoms with Crippen molar-refractivity contribution in [3.8, 4) is 0 Å². The Bertz CT molecular complexity index is 401. The Morgan fingerprint density at radius 1 is 1.53 bits per heavy atom. The lowest BCUT2D eigenvalue weighted by Crippen LogP contribution is -2.37. The predicted molar refractivity (Wildman–Crippen MR) is 76.0 cm³/mol. The van der Waals surface area contributed by atoms with Crippen molar-refractivity contribution in [2.75, 3.05) is 12.4 Å². The largest absolute Gasteiger partial charge is 0.351 e. The van der Waals surface area contributed by atoms with Gasteiger partial charge in [-0.25, -0.2) is 0 Å². The Labute approximate surface area is 119 Å². The summed E-state index contributed by atoms with van der Waals surface area (Å²) in [6.45, 7) is 0.697. The third-order valence-electron chi connectivity index (χ3n) is 3.40. The number of hydrogen-bond acceptors (Lipinski definition) is 2. The van der Waals surface area contributed by atoms with Crippen molar-refractivity contribution >= 4 is 44.8 Å². The summed E-state index contributed by atoms with van der Waals surface area (Å²) in [4.78, 5) is 11.9. The molecule has 0 saturated heterocycles. The van der Waals surface area contributed by atoms with Gasteiger partial charge in [-0.05, 0) is 34.8 Å². The van der Waals surface area contributed by atoms with Crippen LogP contribution in [0, 0.1) is 5.41 Å². The minimum atomic E-state index is 0.00309. The van der Waals surface area contributed by atoms with Gasteiger partial charge in [0.1, 0.15) is 0 Å². The monoisotopic (exact) mass is 335 g/mol. The zero-order valence-corrected chi connectivity index (χ0v) is 12.6. The van der Waals surface area contributed by atoms with Gasteiger partial charge in [0.2, 0.25) is 0 Å². The second kappa shape index (κ2) is 5.72. The topological polar surface area (TPSA) is 29.1 Å². The Kier molecular flexibility index (Phi) is 4.50. The van der Waals surface area contributed by atoms with Gasteiger partial charge >= 0.3 is 0 Å². The van der Waals surface area contributed by atoms with Crippen LogP contribution in [-0.4, -0.2) is 18.3 Å². The van der Waals surface area contributed by atoms with E-state index in [-0.39, 0.29) is 11.3 Å². The summed E-state index contributed by atoms with van der Waals surface area (Å²) in [6.07, 6.45) is 4.72. The van der Waals surface area contributed by atoms with Gasteiger partial charge in [-0.1, -0.05) is 12.8 Å². The van der Waals surface area contributed by atoms with Crippen molar-refractivity contribution in [1.29, 1.82) is 0 Å². The average Bonchev–Trinajstić information content (AvgIpc) is 2.95. The molecule has 0 aromatic carbocycles. The molecule has 0 unspecified atom stereocenters. The molecule has 1 N–H and O–H groups in total. The molecule has 0 aliphatic heterocycles. The Hall–Kier alpha value is -0.0600. The van der Waals surface area contributed by atoms with Crippen LogP contribution in [0.15, 0.2) is 15.2 Å². The number of halogens is 2. The molecule has 94 valence electrons. The number of thiophene rings is 1. The Morgan fingerprint density at radius 3 is 2.76 bits per heavy atom. The molecule has 0 bridgehead atoms. The lowest BCUT2D eigenvalue weighted by molar-refractivity contribution is 0.0935. The lowest BCUT2D eigenvalue weighted by Gasteiger charge is -2.26. The van der Waals surface area contributed by atoms with Crippen LogP contribution < -0.4 is 5.32 Å². The fourth-order valence-electron chi connectivity index (χ4n) is 2.28. The number of alkyl halides is 1. The van der Waals surface area contributed by atoms with Crippen molar-refractivity contribution in [2.24, 2.45) is 5.41 Å². The smallest absolute Gasteiger partial charge is 0.252 e. The molecule has 2 nitrogen and oxygen atoms in total. The number of hydrogen-bond donors (Lipinski definition) is 1. The van der Waals surface area contributed by atoms with E-state index in [2.05, 4.69) is 21.2 Å². The van der Waals surface area contributed by atoms with Crippen molar-refractivity contribution in [3.63, 3.8) is 0 Å². The summed E-state index contributed by atoms with van der Waals surface area (Å²) < 4.78 is 0.982. The van der Waals surface area contributed by atoms with Crippen LogP contribution in [0.3, 0.4) is 0 Å². The first-order valence-electron chi connectivity index (χ1n) is 5.73. The molecule has 0 spiro atoms. The SMILES string of the molecule is O=C(NCC1(CCl)CCCC1)c1csc(Br)c1. The maximum absolute atomic E-state index is 11.9. The van der Waals surface area contributed by atoms with Gasteiger partial charge in [-0.3, -0.25) is 4.79 Å². The molecule has 1 aromatic heterocycles. The third kappa shape index (κ3) is 3.24. The Balaban J connectivity index is 1.91. The Morgan fingerprint density at radius 2 is 2.24 bits per heavy atom. The van der Waals surface area contributed by atoms with Gasteiger partial charge in [0, 0.05) is 23.2 Å². The molecule has 1 aliphatic rings. The minimum Gasteiger partial charge on any atom is -0.351 e. The van der Waals surface area contributed by atoms with Gasteiger partial charge < -0.3 is 5.32 Å². The second-order valence-corrected chi connectivity index (χ2v) is 7.22. The quantitative estimate of drug-likeness (QED) is 0.826. The van der Waals surface area contributed by atoms with E-state index in [0.717, 1.165) is 22.2 Å². The summed E-state index contributed by atoms with van der Waals surface area (Å²) in [5, 5.41) is 4.87. The highest BCUT2D eigenvalue weighted by molar-refractivity contribution is 9.11. The summed E-state index contributed by atoms with van der Waals surface area (Å²) in [5.74, 6) is 0.643. The van der Waals surface area contributed by atoms with Gasteiger partial charge in [-0.2, -0.15) is 0 Å². The maximum Gasteiger partial charge on any atom is 0.252 e. The number of amides is 1. The molecule has 1 fully saturated rings. The molecule has 1 saturated carbocycles.